The maximum absolute atomic E-state index is 10.9. The number of ketones is 1. The Morgan fingerprint density at radius 2 is 2.40 bits per heavy atom. The molecule has 1 rings (SSSR count). The molecule has 0 aromatic carbocycles. The molecule has 3 nitrogen and oxygen atoms in total. The lowest BCUT2D eigenvalue weighted by Gasteiger charge is -2.16. The van der Waals surface area contributed by atoms with Crippen LogP contribution in [0, 0.1) is 0 Å². The fourth-order valence-electron chi connectivity index (χ4n) is 0.994. The number of aliphatic hydroxyl groups is 2. The zero-order valence-corrected chi connectivity index (χ0v) is 5.79. The minimum Gasteiger partial charge on any atom is -0.505 e. The average molecular weight is 142 g/mol. The molecule has 10 heavy (non-hydrogen) atoms. The van der Waals surface area contributed by atoms with Crippen molar-refractivity contribution in [3.8, 4) is 0 Å². The number of hydrogen-bond donors (Lipinski definition) is 2. The Morgan fingerprint density at radius 1 is 1.80 bits per heavy atom. The summed E-state index contributed by atoms with van der Waals surface area (Å²) in [5.41, 5.74) is -1.32. The van der Waals surface area contributed by atoms with Crippen LogP contribution in [0.2, 0.25) is 0 Å². The van der Waals surface area contributed by atoms with Crippen molar-refractivity contribution in [3.63, 3.8) is 0 Å². The van der Waals surface area contributed by atoms with E-state index in [-0.39, 0.29) is 12.2 Å². The summed E-state index contributed by atoms with van der Waals surface area (Å²) in [5, 5.41) is 18.2. The normalized spacial score (nSPS) is 32.6. The smallest absolute Gasteiger partial charge is 0.228 e. The second-order valence-electron chi connectivity index (χ2n) is 2.51. The van der Waals surface area contributed by atoms with E-state index in [1.165, 1.54) is 6.08 Å². The van der Waals surface area contributed by atoms with E-state index in [4.69, 9.17) is 5.11 Å². The Hall–Kier alpha value is -0.830. The summed E-state index contributed by atoms with van der Waals surface area (Å²) in [6.07, 6.45) is 1.95. The minimum absolute atomic E-state index is 0.244. The zero-order chi connectivity index (χ0) is 7.78. The molecule has 0 bridgehead atoms. The van der Waals surface area contributed by atoms with Gasteiger partial charge in [-0.2, -0.15) is 0 Å². The Balaban J connectivity index is 2.82. The van der Waals surface area contributed by atoms with Crippen molar-refractivity contribution < 1.29 is 15.0 Å². The Bertz CT molecular complexity index is 195. The van der Waals surface area contributed by atoms with Crippen LogP contribution in [0.4, 0.5) is 0 Å². The minimum atomic E-state index is -1.32. The molecule has 0 amide bonds. The molecule has 0 aromatic rings. The maximum atomic E-state index is 10.9. The second kappa shape index (κ2) is 2.09. The van der Waals surface area contributed by atoms with Crippen LogP contribution in [0.3, 0.4) is 0 Å². The lowest BCUT2D eigenvalue weighted by atomic mass is 9.97. The van der Waals surface area contributed by atoms with Gasteiger partial charge in [0.2, 0.25) is 5.78 Å². The number of Topliss-reactive ketones (excluding diaryl/α,β-unsaturated/α-hetero) is 1. The Labute approximate surface area is 59.0 Å². The van der Waals surface area contributed by atoms with E-state index in [9.17, 15) is 9.90 Å². The van der Waals surface area contributed by atoms with Crippen molar-refractivity contribution in [3.05, 3.63) is 11.8 Å². The number of aliphatic hydroxyl groups excluding tert-OH is 1. The van der Waals surface area contributed by atoms with Gasteiger partial charge in [0.25, 0.3) is 0 Å². The fraction of sp³-hybridized carbons (Fsp3) is 0.571. The monoisotopic (exact) mass is 142 g/mol. The molecule has 0 unspecified atom stereocenters. The number of carbonyl (C=O) groups is 1. The number of carbonyl (C=O) groups excluding carboxylic acids is 1. The number of hydrogen-bond acceptors (Lipinski definition) is 3. The van der Waals surface area contributed by atoms with Gasteiger partial charge in [-0.15, -0.1) is 0 Å². The Kier molecular flexibility index (Phi) is 1.52. The summed E-state index contributed by atoms with van der Waals surface area (Å²) in [6, 6.07) is 0. The standard InChI is InChI=1S/C7H10O3/c1-2-7(10)4-3-5(8)6(7)9/h3,8,10H,2,4H2,1H3/t7-/m1/s1. The van der Waals surface area contributed by atoms with Gasteiger partial charge in [0.15, 0.2) is 5.76 Å². The van der Waals surface area contributed by atoms with Crippen LogP contribution in [0.25, 0.3) is 0 Å². The van der Waals surface area contributed by atoms with Crippen LogP contribution in [-0.4, -0.2) is 21.6 Å². The van der Waals surface area contributed by atoms with Gasteiger partial charge in [-0.05, 0) is 12.5 Å². The van der Waals surface area contributed by atoms with Crippen LogP contribution >= 0.6 is 0 Å². The van der Waals surface area contributed by atoms with Crippen LogP contribution in [-0.2, 0) is 4.79 Å². The summed E-state index contributed by atoms with van der Waals surface area (Å²) in [7, 11) is 0. The first kappa shape index (κ1) is 7.28. The summed E-state index contributed by atoms with van der Waals surface area (Å²) in [6.45, 7) is 1.71. The highest BCUT2D eigenvalue weighted by Crippen LogP contribution is 2.26. The van der Waals surface area contributed by atoms with E-state index in [0.717, 1.165) is 0 Å². The summed E-state index contributed by atoms with van der Waals surface area (Å²) in [4.78, 5) is 10.9. The van der Waals surface area contributed by atoms with Gasteiger partial charge < -0.3 is 10.2 Å². The fourth-order valence-corrected chi connectivity index (χ4v) is 0.994. The van der Waals surface area contributed by atoms with E-state index in [0.29, 0.717) is 6.42 Å². The van der Waals surface area contributed by atoms with Crippen LogP contribution in [0.5, 0.6) is 0 Å². The first-order valence-corrected chi connectivity index (χ1v) is 3.26. The molecular formula is C7H10O3. The van der Waals surface area contributed by atoms with E-state index in [1.807, 2.05) is 0 Å². The number of rotatable bonds is 1. The van der Waals surface area contributed by atoms with E-state index < -0.39 is 11.4 Å². The highest BCUT2D eigenvalue weighted by molar-refractivity contribution is 6.02. The third kappa shape index (κ3) is 0.827. The predicted molar refractivity (Wildman–Crippen MR) is 35.6 cm³/mol. The van der Waals surface area contributed by atoms with Gasteiger partial charge in [0, 0.05) is 6.42 Å². The lowest BCUT2D eigenvalue weighted by molar-refractivity contribution is -0.133. The Morgan fingerprint density at radius 3 is 2.60 bits per heavy atom. The molecule has 1 aliphatic rings. The van der Waals surface area contributed by atoms with Gasteiger partial charge in [-0.1, -0.05) is 6.92 Å². The van der Waals surface area contributed by atoms with Gasteiger partial charge in [0.05, 0.1) is 0 Å². The predicted octanol–water partition coefficient (Wildman–Crippen LogP) is 0.542. The van der Waals surface area contributed by atoms with Crippen LogP contribution < -0.4 is 0 Å². The van der Waals surface area contributed by atoms with Gasteiger partial charge in [-0.3, -0.25) is 4.79 Å². The molecule has 0 saturated heterocycles. The van der Waals surface area contributed by atoms with Gasteiger partial charge in [0.1, 0.15) is 5.60 Å². The van der Waals surface area contributed by atoms with Crippen molar-refractivity contribution in [1.82, 2.24) is 0 Å². The molecule has 1 aliphatic carbocycles. The quantitative estimate of drug-likeness (QED) is 0.561. The highest BCUT2D eigenvalue weighted by atomic mass is 16.3. The van der Waals surface area contributed by atoms with Crippen molar-refractivity contribution in [2.45, 2.75) is 25.4 Å². The summed E-state index contributed by atoms with van der Waals surface area (Å²) >= 11 is 0. The molecule has 0 spiro atoms. The first-order chi connectivity index (χ1) is 4.60. The molecule has 0 heterocycles. The first-order valence-electron chi connectivity index (χ1n) is 3.26. The van der Waals surface area contributed by atoms with Crippen LogP contribution in [0.15, 0.2) is 11.8 Å². The van der Waals surface area contributed by atoms with E-state index >= 15 is 0 Å². The summed E-state index contributed by atoms with van der Waals surface area (Å²) < 4.78 is 0. The molecular weight excluding hydrogens is 132 g/mol. The molecule has 56 valence electrons. The topological polar surface area (TPSA) is 57.5 Å². The largest absolute Gasteiger partial charge is 0.505 e. The third-order valence-corrected chi connectivity index (χ3v) is 1.87. The van der Waals surface area contributed by atoms with E-state index in [1.54, 1.807) is 6.92 Å². The van der Waals surface area contributed by atoms with Crippen molar-refractivity contribution in [2.24, 2.45) is 0 Å². The van der Waals surface area contributed by atoms with Crippen molar-refractivity contribution in [1.29, 1.82) is 0 Å². The van der Waals surface area contributed by atoms with Crippen molar-refractivity contribution >= 4 is 5.78 Å². The van der Waals surface area contributed by atoms with Crippen LogP contribution in [0.1, 0.15) is 19.8 Å². The third-order valence-electron chi connectivity index (χ3n) is 1.87. The van der Waals surface area contributed by atoms with E-state index in [2.05, 4.69) is 0 Å². The average Bonchev–Trinajstić information content (AvgIpc) is 2.19. The molecule has 0 saturated carbocycles. The molecule has 2 N–H and O–H groups in total. The lowest BCUT2D eigenvalue weighted by Crippen LogP contribution is -2.34. The van der Waals surface area contributed by atoms with Gasteiger partial charge in [-0.25, -0.2) is 0 Å². The molecule has 0 aromatic heterocycles. The molecule has 1 atom stereocenters. The molecule has 0 fully saturated rings. The highest BCUT2D eigenvalue weighted by Gasteiger charge is 2.39. The molecule has 0 aliphatic heterocycles. The van der Waals surface area contributed by atoms with Crippen molar-refractivity contribution in [2.75, 3.05) is 0 Å². The SMILES string of the molecule is CC[C@@]1(O)CC=C(O)C1=O. The summed E-state index contributed by atoms with van der Waals surface area (Å²) in [5.74, 6) is -0.848. The second-order valence-corrected chi connectivity index (χ2v) is 2.51. The van der Waals surface area contributed by atoms with Gasteiger partial charge >= 0.3 is 0 Å². The molecule has 3 heteroatoms. The zero-order valence-electron chi connectivity index (χ0n) is 5.79. The molecule has 0 radical (unpaired) electrons. The maximum Gasteiger partial charge on any atom is 0.228 e.